The first-order chi connectivity index (χ1) is 6.83. The molecule has 0 aromatic rings. The molecule has 1 aliphatic carbocycles. The Bertz CT molecular complexity index is 213. The maximum absolute atomic E-state index is 11.4. The van der Waals surface area contributed by atoms with Crippen molar-refractivity contribution >= 4 is 21.8 Å². The monoisotopic (exact) mass is 259 g/mol. The van der Waals surface area contributed by atoms with Crippen molar-refractivity contribution in [3.05, 3.63) is 11.8 Å². The van der Waals surface area contributed by atoms with Gasteiger partial charge in [-0.3, -0.25) is 4.79 Å². The third-order valence-electron chi connectivity index (χ3n) is 2.38. The second-order valence-corrected chi connectivity index (χ2v) is 4.46. The van der Waals surface area contributed by atoms with Gasteiger partial charge in [0.25, 0.3) is 0 Å². The molecule has 1 N–H and O–H groups in total. The van der Waals surface area contributed by atoms with E-state index in [-0.39, 0.29) is 5.91 Å². The quantitative estimate of drug-likeness (QED) is 0.597. The number of unbranched alkanes of at least 4 members (excludes halogenated alkanes) is 1. The fourth-order valence-corrected chi connectivity index (χ4v) is 1.97. The summed E-state index contributed by atoms with van der Waals surface area (Å²) in [5.41, 5.74) is 1.14. The molecular weight excluding hydrogens is 242 g/mol. The Morgan fingerprint density at radius 1 is 1.43 bits per heavy atom. The fraction of sp³-hybridized carbons (Fsp3) is 0.727. The molecule has 0 fully saturated rings. The Kier molecular flexibility index (Phi) is 5.92. The van der Waals surface area contributed by atoms with E-state index in [1.807, 2.05) is 0 Å². The summed E-state index contributed by atoms with van der Waals surface area (Å²) < 4.78 is 0. The highest BCUT2D eigenvalue weighted by atomic mass is 79.9. The molecule has 2 nitrogen and oxygen atoms in total. The molecule has 0 radical (unpaired) electrons. The van der Waals surface area contributed by atoms with Crippen molar-refractivity contribution in [3.8, 4) is 0 Å². The summed E-state index contributed by atoms with van der Waals surface area (Å²) in [4.78, 5) is 11.4. The number of carbonyl (C=O) groups excluding carboxylic acids is 1. The minimum Gasteiger partial charge on any atom is -0.330 e. The number of rotatable bonds is 5. The Hall–Kier alpha value is -0.310. The van der Waals surface area contributed by atoms with Crippen molar-refractivity contribution in [1.82, 2.24) is 5.32 Å². The van der Waals surface area contributed by atoms with Crippen LogP contribution in [0.15, 0.2) is 11.8 Å². The van der Waals surface area contributed by atoms with E-state index in [4.69, 9.17) is 0 Å². The zero-order valence-corrected chi connectivity index (χ0v) is 10.1. The van der Waals surface area contributed by atoms with E-state index in [1.54, 1.807) is 0 Å². The molecule has 0 aliphatic heterocycles. The van der Waals surface area contributed by atoms with Crippen LogP contribution in [-0.2, 0) is 4.79 Å². The first-order valence-electron chi connectivity index (χ1n) is 5.38. The normalized spacial score (nSPS) is 16.2. The maximum Gasteiger partial charge on any atom is 0.224 e. The van der Waals surface area contributed by atoms with E-state index in [9.17, 15) is 4.79 Å². The van der Waals surface area contributed by atoms with Crippen LogP contribution >= 0.6 is 15.9 Å². The number of halogens is 1. The Balaban J connectivity index is 2.15. The van der Waals surface area contributed by atoms with Crippen LogP contribution < -0.4 is 5.32 Å². The highest BCUT2D eigenvalue weighted by molar-refractivity contribution is 9.09. The van der Waals surface area contributed by atoms with Crippen LogP contribution in [0.25, 0.3) is 0 Å². The molecule has 0 atom stereocenters. The largest absolute Gasteiger partial charge is 0.330 e. The van der Waals surface area contributed by atoms with Gasteiger partial charge in [-0.2, -0.15) is 0 Å². The average Bonchev–Trinajstić information content (AvgIpc) is 2.20. The van der Waals surface area contributed by atoms with Crippen LogP contribution in [0.4, 0.5) is 0 Å². The van der Waals surface area contributed by atoms with E-state index in [0.29, 0.717) is 6.42 Å². The van der Waals surface area contributed by atoms with Gasteiger partial charge in [0.1, 0.15) is 0 Å². The van der Waals surface area contributed by atoms with Crippen LogP contribution in [-0.4, -0.2) is 11.2 Å². The summed E-state index contributed by atoms with van der Waals surface area (Å²) in [6, 6.07) is 0. The Morgan fingerprint density at radius 3 is 2.93 bits per heavy atom. The van der Waals surface area contributed by atoms with Crippen LogP contribution in [0, 0.1) is 0 Å². The third-order valence-corrected chi connectivity index (χ3v) is 2.94. The van der Waals surface area contributed by atoms with E-state index < -0.39 is 0 Å². The zero-order chi connectivity index (χ0) is 10.2. The van der Waals surface area contributed by atoms with Gasteiger partial charge in [-0.15, -0.1) is 0 Å². The highest BCUT2D eigenvalue weighted by Crippen LogP contribution is 2.15. The minimum absolute atomic E-state index is 0.180. The van der Waals surface area contributed by atoms with Crippen molar-refractivity contribution in [2.45, 2.75) is 44.9 Å². The van der Waals surface area contributed by atoms with E-state index in [2.05, 4.69) is 27.3 Å². The molecule has 0 unspecified atom stereocenters. The van der Waals surface area contributed by atoms with Gasteiger partial charge in [0, 0.05) is 17.4 Å². The summed E-state index contributed by atoms with van der Waals surface area (Å²) in [5, 5.41) is 3.97. The Morgan fingerprint density at radius 2 is 2.29 bits per heavy atom. The Labute approximate surface area is 94.3 Å². The van der Waals surface area contributed by atoms with Gasteiger partial charge >= 0.3 is 0 Å². The predicted octanol–water partition coefficient (Wildman–Crippen LogP) is 3.13. The fourth-order valence-electron chi connectivity index (χ4n) is 1.57. The number of nitrogens with one attached hydrogen (secondary N) is 1. The smallest absolute Gasteiger partial charge is 0.224 e. The molecule has 0 spiro atoms. The van der Waals surface area contributed by atoms with Crippen LogP contribution in [0.3, 0.4) is 0 Å². The topological polar surface area (TPSA) is 29.1 Å². The van der Waals surface area contributed by atoms with Gasteiger partial charge < -0.3 is 5.32 Å². The molecule has 0 saturated carbocycles. The van der Waals surface area contributed by atoms with Gasteiger partial charge in [0.15, 0.2) is 0 Å². The van der Waals surface area contributed by atoms with E-state index in [0.717, 1.165) is 36.7 Å². The van der Waals surface area contributed by atoms with E-state index >= 15 is 0 Å². The van der Waals surface area contributed by atoms with Gasteiger partial charge in [-0.1, -0.05) is 22.0 Å². The first-order valence-corrected chi connectivity index (χ1v) is 6.50. The molecule has 14 heavy (non-hydrogen) atoms. The molecule has 0 heterocycles. The number of allylic oxidation sites excluding steroid dienone is 2. The first kappa shape index (κ1) is 11.8. The van der Waals surface area contributed by atoms with Gasteiger partial charge in [0.2, 0.25) is 5.91 Å². The van der Waals surface area contributed by atoms with Crippen LogP contribution in [0.2, 0.25) is 0 Å². The number of carbonyl (C=O) groups is 1. The van der Waals surface area contributed by atoms with Crippen molar-refractivity contribution in [3.63, 3.8) is 0 Å². The molecule has 1 rings (SSSR count). The maximum atomic E-state index is 11.4. The molecule has 0 saturated heterocycles. The molecular formula is C11H18BrNO. The summed E-state index contributed by atoms with van der Waals surface area (Å²) in [6.45, 7) is 0. The number of hydrogen-bond acceptors (Lipinski definition) is 1. The zero-order valence-electron chi connectivity index (χ0n) is 8.52. The minimum atomic E-state index is 0.180. The summed E-state index contributed by atoms with van der Waals surface area (Å²) in [5.74, 6) is 0.180. The second kappa shape index (κ2) is 7.04. The lowest BCUT2D eigenvalue weighted by Crippen LogP contribution is -2.23. The lowest BCUT2D eigenvalue weighted by atomic mass is 10.0. The van der Waals surface area contributed by atoms with Crippen LogP contribution in [0.5, 0.6) is 0 Å². The number of amides is 1. The van der Waals surface area contributed by atoms with Crippen molar-refractivity contribution in [1.29, 1.82) is 0 Å². The molecule has 0 bridgehead atoms. The van der Waals surface area contributed by atoms with Crippen molar-refractivity contribution in [2.75, 3.05) is 5.33 Å². The highest BCUT2D eigenvalue weighted by Gasteiger charge is 2.06. The average molecular weight is 260 g/mol. The second-order valence-electron chi connectivity index (χ2n) is 3.67. The summed E-state index contributed by atoms with van der Waals surface area (Å²) >= 11 is 3.35. The lowest BCUT2D eigenvalue weighted by molar-refractivity contribution is -0.120. The number of hydrogen-bond donors (Lipinski definition) is 1. The van der Waals surface area contributed by atoms with Gasteiger partial charge in [0.05, 0.1) is 0 Å². The molecule has 3 heteroatoms. The SMILES string of the molecule is O=C(CCCCBr)NC1=CCCCC1. The summed E-state index contributed by atoms with van der Waals surface area (Å²) in [6.07, 6.45) is 9.52. The van der Waals surface area contributed by atoms with Crippen molar-refractivity contribution in [2.24, 2.45) is 0 Å². The van der Waals surface area contributed by atoms with Gasteiger partial charge in [-0.05, 0) is 38.5 Å². The van der Waals surface area contributed by atoms with Crippen molar-refractivity contribution < 1.29 is 4.79 Å². The molecule has 1 amide bonds. The molecule has 1 aliphatic rings. The standard InChI is InChI=1S/C11H18BrNO/c12-9-5-4-8-11(14)13-10-6-2-1-3-7-10/h6H,1-5,7-9H2,(H,13,14). The molecule has 0 aromatic carbocycles. The van der Waals surface area contributed by atoms with Crippen LogP contribution in [0.1, 0.15) is 44.9 Å². The molecule has 80 valence electrons. The van der Waals surface area contributed by atoms with E-state index in [1.165, 1.54) is 12.8 Å². The lowest BCUT2D eigenvalue weighted by Gasteiger charge is -2.13. The predicted molar refractivity (Wildman–Crippen MR) is 62.3 cm³/mol. The third kappa shape index (κ3) is 4.80. The summed E-state index contributed by atoms with van der Waals surface area (Å²) in [7, 11) is 0. The molecule has 0 aromatic heterocycles. The number of alkyl halides is 1. The van der Waals surface area contributed by atoms with Gasteiger partial charge in [-0.25, -0.2) is 0 Å².